The van der Waals surface area contributed by atoms with Gasteiger partial charge in [-0.3, -0.25) is 0 Å². The molecule has 0 saturated carbocycles. The van der Waals surface area contributed by atoms with Crippen LogP contribution in [0.25, 0.3) is 55.6 Å². The Labute approximate surface area is 366 Å². The summed E-state index contributed by atoms with van der Waals surface area (Å²) < 4.78 is 0. The van der Waals surface area contributed by atoms with Crippen molar-refractivity contribution in [1.29, 1.82) is 0 Å². The van der Waals surface area contributed by atoms with Crippen LogP contribution in [-0.4, -0.2) is 26.5 Å². The summed E-state index contributed by atoms with van der Waals surface area (Å²) in [6.07, 6.45) is 16.5. The third kappa shape index (κ3) is 8.84. The first-order valence-electron chi connectivity index (χ1n) is 21.7. The van der Waals surface area contributed by atoms with Gasteiger partial charge in [0.25, 0.3) is 0 Å². The average Bonchev–Trinajstić information content (AvgIpc) is 3.33. The SMILES string of the molecule is C=C(N=C(N=C(C)/C(C)=C/C=C\C)c1ccc(C(CC)(CC)c2ccc(-c3nc(C4=CCCC=C4)nc(-c4ccc5ccccc5c4)n3)cc2)cc1)c1ccc2ccccc2c1. The molecule has 1 aromatic heterocycles. The lowest BCUT2D eigenvalue weighted by atomic mass is 9.70. The van der Waals surface area contributed by atoms with Crippen molar-refractivity contribution in [3.63, 3.8) is 0 Å². The van der Waals surface area contributed by atoms with Crippen molar-refractivity contribution in [3.8, 4) is 22.8 Å². The van der Waals surface area contributed by atoms with E-state index in [2.05, 4.69) is 185 Å². The standard InChI is InChI=1S/C57H53N5/c1-7-10-18-39(4)40(5)58-53(59-41(6)47-27-25-42-19-14-16-23-48(42)37-47)45-29-33-51(34-30-45)57(8-2,9-3)52-35-31-46(32-36-52)55-60-54(44-21-12-11-13-22-44)61-56(62-55)50-28-26-43-20-15-17-24-49(43)38-50/h7,10,12,14-38H,6,8-9,11,13H2,1-5H3/b10-7-,39-18+,58-40?,59-53?. The van der Waals surface area contributed by atoms with Crippen LogP contribution in [0.15, 0.2) is 192 Å². The lowest BCUT2D eigenvalue weighted by Gasteiger charge is -2.33. The van der Waals surface area contributed by atoms with Gasteiger partial charge in [0.2, 0.25) is 0 Å². The first kappa shape index (κ1) is 41.6. The Hall–Kier alpha value is -7.11. The van der Waals surface area contributed by atoms with E-state index in [1.807, 2.05) is 26.0 Å². The number of aromatic nitrogens is 3. The molecule has 8 rings (SSSR count). The van der Waals surface area contributed by atoms with E-state index < -0.39 is 0 Å². The number of allylic oxidation sites excluding steroid dienone is 8. The van der Waals surface area contributed by atoms with Crippen molar-refractivity contribution in [2.75, 3.05) is 0 Å². The summed E-state index contributed by atoms with van der Waals surface area (Å²) >= 11 is 0. The van der Waals surface area contributed by atoms with Crippen LogP contribution in [0.3, 0.4) is 0 Å². The summed E-state index contributed by atoms with van der Waals surface area (Å²) in [5.74, 6) is 2.66. The molecule has 0 amide bonds. The quantitative estimate of drug-likeness (QED) is 0.0702. The van der Waals surface area contributed by atoms with E-state index in [0.717, 1.165) is 75.6 Å². The first-order valence-corrected chi connectivity index (χ1v) is 21.7. The lowest BCUT2D eigenvalue weighted by molar-refractivity contribution is 0.478. The number of rotatable bonds is 12. The average molecular weight is 808 g/mol. The molecule has 6 aromatic carbocycles. The molecule has 5 nitrogen and oxygen atoms in total. The van der Waals surface area contributed by atoms with Crippen LogP contribution in [0.1, 0.15) is 88.4 Å². The molecule has 1 aliphatic carbocycles. The Kier molecular flexibility index (Phi) is 12.5. The van der Waals surface area contributed by atoms with Crippen molar-refractivity contribution < 1.29 is 0 Å². The third-order valence-corrected chi connectivity index (χ3v) is 12.2. The molecule has 1 heterocycles. The summed E-state index contributed by atoms with van der Waals surface area (Å²) in [6, 6.07) is 47.2. The van der Waals surface area contributed by atoms with Gasteiger partial charge in [0.15, 0.2) is 23.3 Å². The molecule has 0 aliphatic heterocycles. The molecule has 0 radical (unpaired) electrons. The van der Waals surface area contributed by atoms with Crippen LogP contribution in [0.4, 0.5) is 0 Å². The van der Waals surface area contributed by atoms with Crippen molar-refractivity contribution in [3.05, 3.63) is 210 Å². The monoisotopic (exact) mass is 807 g/mol. The third-order valence-electron chi connectivity index (χ3n) is 12.2. The van der Waals surface area contributed by atoms with E-state index in [1.165, 1.54) is 21.9 Å². The van der Waals surface area contributed by atoms with E-state index in [9.17, 15) is 0 Å². The van der Waals surface area contributed by atoms with E-state index >= 15 is 0 Å². The molecule has 0 fully saturated rings. The molecule has 0 bridgehead atoms. The molecule has 5 heteroatoms. The van der Waals surface area contributed by atoms with Crippen LogP contribution in [0, 0.1) is 0 Å². The predicted molar refractivity (Wildman–Crippen MR) is 264 cm³/mol. The zero-order chi connectivity index (χ0) is 43.1. The Morgan fingerprint density at radius 3 is 1.82 bits per heavy atom. The Morgan fingerprint density at radius 2 is 1.19 bits per heavy atom. The predicted octanol–water partition coefficient (Wildman–Crippen LogP) is 14.8. The van der Waals surface area contributed by atoms with Crippen LogP contribution in [0.5, 0.6) is 0 Å². The minimum absolute atomic E-state index is 0.216. The van der Waals surface area contributed by atoms with Crippen molar-refractivity contribution >= 4 is 44.4 Å². The smallest absolute Gasteiger partial charge is 0.164 e. The minimum Gasteiger partial charge on any atom is -0.233 e. The van der Waals surface area contributed by atoms with Crippen molar-refractivity contribution in [2.45, 2.75) is 65.7 Å². The minimum atomic E-state index is -0.216. The maximum absolute atomic E-state index is 5.11. The van der Waals surface area contributed by atoms with E-state index in [1.54, 1.807) is 0 Å². The summed E-state index contributed by atoms with van der Waals surface area (Å²) in [6.45, 7) is 15.1. The van der Waals surface area contributed by atoms with Gasteiger partial charge in [0.1, 0.15) is 0 Å². The van der Waals surface area contributed by atoms with Gasteiger partial charge in [-0.15, -0.1) is 0 Å². The number of fused-ring (bicyclic) bond motifs is 2. The highest BCUT2D eigenvalue weighted by Crippen LogP contribution is 2.40. The number of aliphatic imine (C=N–C) groups is 2. The van der Waals surface area contributed by atoms with Crippen LogP contribution in [-0.2, 0) is 5.41 Å². The number of amidine groups is 1. The Balaban J connectivity index is 1.14. The van der Waals surface area contributed by atoms with Crippen LogP contribution in [0.2, 0.25) is 0 Å². The van der Waals surface area contributed by atoms with Crippen molar-refractivity contribution in [2.24, 2.45) is 9.98 Å². The second-order valence-corrected chi connectivity index (χ2v) is 16.0. The largest absolute Gasteiger partial charge is 0.233 e. The molecule has 0 saturated heterocycles. The normalized spacial score (nSPS) is 13.9. The highest BCUT2D eigenvalue weighted by molar-refractivity contribution is 6.12. The first-order chi connectivity index (χ1) is 30.3. The number of benzene rings is 6. The maximum atomic E-state index is 5.11. The summed E-state index contributed by atoms with van der Waals surface area (Å²) in [5, 5.41) is 4.68. The second-order valence-electron chi connectivity index (χ2n) is 16.0. The maximum Gasteiger partial charge on any atom is 0.164 e. The van der Waals surface area contributed by atoms with Gasteiger partial charge >= 0.3 is 0 Å². The number of hydrogen-bond donors (Lipinski definition) is 0. The lowest BCUT2D eigenvalue weighted by Crippen LogP contribution is -2.26. The van der Waals surface area contributed by atoms with Gasteiger partial charge in [0.05, 0.1) is 5.70 Å². The van der Waals surface area contributed by atoms with E-state index in [0.29, 0.717) is 29.0 Å². The topological polar surface area (TPSA) is 63.4 Å². The van der Waals surface area contributed by atoms with E-state index in [-0.39, 0.29) is 5.41 Å². The van der Waals surface area contributed by atoms with Crippen LogP contribution < -0.4 is 0 Å². The molecule has 0 N–H and O–H groups in total. The van der Waals surface area contributed by atoms with Gasteiger partial charge in [-0.25, -0.2) is 24.9 Å². The number of hydrogen-bond acceptors (Lipinski definition) is 4. The van der Waals surface area contributed by atoms with Gasteiger partial charge in [-0.2, -0.15) is 0 Å². The molecule has 0 spiro atoms. The fourth-order valence-electron chi connectivity index (χ4n) is 8.30. The van der Waals surface area contributed by atoms with Gasteiger partial charge < -0.3 is 0 Å². The molecule has 62 heavy (non-hydrogen) atoms. The molecule has 7 aromatic rings. The fraction of sp³-hybridized carbons (Fsp3) is 0.175. The zero-order valence-corrected chi connectivity index (χ0v) is 36.4. The second kappa shape index (κ2) is 18.7. The highest BCUT2D eigenvalue weighted by Gasteiger charge is 2.31. The van der Waals surface area contributed by atoms with Gasteiger partial charge in [-0.05, 0) is 96.8 Å². The number of nitrogens with zero attached hydrogens (tertiary/aromatic N) is 5. The molecular formula is C57H53N5. The molecule has 0 atom stereocenters. The Morgan fingerprint density at radius 1 is 0.629 bits per heavy atom. The zero-order valence-electron chi connectivity index (χ0n) is 36.4. The fourth-order valence-corrected chi connectivity index (χ4v) is 8.30. The molecule has 1 aliphatic rings. The van der Waals surface area contributed by atoms with Crippen LogP contribution >= 0.6 is 0 Å². The van der Waals surface area contributed by atoms with E-state index in [4.69, 9.17) is 24.9 Å². The van der Waals surface area contributed by atoms with Gasteiger partial charge in [-0.1, -0.05) is 178 Å². The molecule has 306 valence electrons. The summed E-state index contributed by atoms with van der Waals surface area (Å²) in [5.41, 5.74) is 9.77. The molecular weight excluding hydrogens is 755 g/mol. The Bertz CT molecular complexity index is 2950. The highest BCUT2D eigenvalue weighted by atomic mass is 15.0. The summed E-state index contributed by atoms with van der Waals surface area (Å²) in [7, 11) is 0. The van der Waals surface area contributed by atoms with Crippen molar-refractivity contribution in [1.82, 2.24) is 15.0 Å². The molecule has 0 unspecified atom stereocenters. The summed E-state index contributed by atoms with van der Waals surface area (Å²) in [4.78, 5) is 25.4. The van der Waals surface area contributed by atoms with Gasteiger partial charge in [0, 0.05) is 39.0 Å².